The maximum atomic E-state index is 11.8. The van der Waals surface area contributed by atoms with Gasteiger partial charge in [0.2, 0.25) is 0 Å². The Morgan fingerprint density at radius 3 is 2.47 bits per heavy atom. The van der Waals surface area contributed by atoms with Crippen molar-refractivity contribution in [2.75, 3.05) is 6.61 Å². The van der Waals surface area contributed by atoms with Crippen LogP contribution in [0.5, 0.6) is 0 Å². The second-order valence-corrected chi connectivity index (χ2v) is 4.04. The molecule has 0 bridgehead atoms. The molecule has 4 heteroatoms. The highest BCUT2D eigenvalue weighted by molar-refractivity contribution is 6.03. The summed E-state index contributed by atoms with van der Waals surface area (Å²) in [6, 6.07) is 6.55. The number of carbonyl (C=O) groups is 2. The number of hydrogen-bond donors (Lipinski definition) is 0. The third-order valence-electron chi connectivity index (χ3n) is 2.66. The molecule has 1 unspecified atom stereocenters. The van der Waals surface area contributed by atoms with Crippen molar-refractivity contribution in [2.24, 2.45) is 0 Å². The van der Waals surface area contributed by atoms with E-state index in [9.17, 15) is 9.59 Å². The Hall–Kier alpha value is -1.84. The number of hydrogen-bond acceptors (Lipinski definition) is 4. The summed E-state index contributed by atoms with van der Waals surface area (Å²) in [5.41, 5.74) is 0.540. The molecule has 4 nitrogen and oxygen atoms in total. The average Bonchev–Trinajstić information content (AvgIpc) is 2.33. The first-order chi connectivity index (χ1) is 8.18. The molecule has 2 rings (SSSR count). The molecule has 17 heavy (non-hydrogen) atoms. The molecule has 1 aliphatic rings. The van der Waals surface area contributed by atoms with Gasteiger partial charge in [0.25, 0.3) is 0 Å². The van der Waals surface area contributed by atoms with Crippen molar-refractivity contribution in [1.82, 2.24) is 0 Å². The van der Waals surface area contributed by atoms with Crippen LogP contribution in [0, 0.1) is 0 Å². The van der Waals surface area contributed by atoms with E-state index in [0.29, 0.717) is 19.4 Å². The molecular formula is C13H14O4. The fraction of sp³-hybridized carbons (Fsp3) is 0.385. The largest absolute Gasteiger partial charge is 0.462 e. The van der Waals surface area contributed by atoms with Crippen molar-refractivity contribution >= 4 is 11.9 Å². The zero-order chi connectivity index (χ0) is 12.3. The van der Waals surface area contributed by atoms with Crippen LogP contribution in [-0.4, -0.2) is 24.6 Å². The number of cyclic esters (lactones) is 2. The van der Waals surface area contributed by atoms with Crippen molar-refractivity contribution in [3.63, 3.8) is 0 Å². The summed E-state index contributed by atoms with van der Waals surface area (Å²) < 4.78 is 10.3. The van der Waals surface area contributed by atoms with Crippen LogP contribution < -0.4 is 0 Å². The van der Waals surface area contributed by atoms with E-state index in [1.54, 1.807) is 24.3 Å². The van der Waals surface area contributed by atoms with Crippen LogP contribution in [0.1, 0.15) is 40.5 Å². The van der Waals surface area contributed by atoms with E-state index in [2.05, 4.69) is 0 Å². The molecule has 90 valence electrons. The zero-order valence-electron chi connectivity index (χ0n) is 9.64. The number of benzene rings is 1. The van der Waals surface area contributed by atoms with Gasteiger partial charge in [-0.3, -0.25) is 0 Å². The van der Waals surface area contributed by atoms with Gasteiger partial charge in [0.1, 0.15) is 0 Å². The Balaban J connectivity index is 2.36. The van der Waals surface area contributed by atoms with E-state index in [-0.39, 0.29) is 17.2 Å². The smallest absolute Gasteiger partial charge is 0.339 e. The minimum Gasteiger partial charge on any atom is -0.462 e. The van der Waals surface area contributed by atoms with Crippen LogP contribution in [0.2, 0.25) is 0 Å². The molecule has 1 aliphatic heterocycles. The fourth-order valence-corrected chi connectivity index (χ4v) is 1.76. The molecule has 0 aromatic heterocycles. The SMILES string of the molecule is CC1CCCOC(=O)c2ccccc2C(=O)O1. The first-order valence-electron chi connectivity index (χ1n) is 5.65. The second-order valence-electron chi connectivity index (χ2n) is 4.04. The monoisotopic (exact) mass is 234 g/mol. The molecule has 0 aliphatic carbocycles. The Morgan fingerprint density at radius 2 is 1.76 bits per heavy atom. The molecule has 0 amide bonds. The van der Waals surface area contributed by atoms with Crippen LogP contribution in [-0.2, 0) is 9.47 Å². The number of ether oxygens (including phenoxy) is 2. The summed E-state index contributed by atoms with van der Waals surface area (Å²) in [4.78, 5) is 23.6. The molecule has 0 spiro atoms. The molecule has 1 atom stereocenters. The van der Waals surface area contributed by atoms with E-state index in [4.69, 9.17) is 9.47 Å². The molecule has 1 aromatic carbocycles. The third-order valence-corrected chi connectivity index (χ3v) is 2.66. The Kier molecular flexibility index (Phi) is 3.42. The third kappa shape index (κ3) is 2.64. The Morgan fingerprint density at radius 1 is 1.12 bits per heavy atom. The quantitative estimate of drug-likeness (QED) is 0.646. The zero-order valence-corrected chi connectivity index (χ0v) is 9.64. The summed E-state index contributed by atoms with van der Waals surface area (Å²) in [6.45, 7) is 2.19. The predicted molar refractivity (Wildman–Crippen MR) is 60.8 cm³/mol. The van der Waals surface area contributed by atoms with Crippen LogP contribution in [0.4, 0.5) is 0 Å². The lowest BCUT2D eigenvalue weighted by Gasteiger charge is -2.17. The van der Waals surface area contributed by atoms with Gasteiger partial charge in [-0.2, -0.15) is 0 Å². The molecule has 0 saturated heterocycles. The van der Waals surface area contributed by atoms with Gasteiger partial charge in [-0.15, -0.1) is 0 Å². The molecule has 0 N–H and O–H groups in total. The van der Waals surface area contributed by atoms with Crippen molar-refractivity contribution in [2.45, 2.75) is 25.9 Å². The average molecular weight is 234 g/mol. The summed E-state index contributed by atoms with van der Waals surface area (Å²) in [5.74, 6) is -0.931. The van der Waals surface area contributed by atoms with Crippen LogP contribution in [0.15, 0.2) is 24.3 Å². The summed E-state index contributed by atoms with van der Waals surface area (Å²) in [5, 5.41) is 0. The van der Waals surface area contributed by atoms with E-state index < -0.39 is 11.9 Å². The van der Waals surface area contributed by atoms with E-state index >= 15 is 0 Å². The molecule has 0 radical (unpaired) electrons. The van der Waals surface area contributed by atoms with Gasteiger partial charge < -0.3 is 9.47 Å². The minimum absolute atomic E-state index is 0.160. The normalized spacial score (nSPS) is 21.1. The number of fused-ring (bicyclic) bond motifs is 1. The first kappa shape index (κ1) is 11.6. The maximum absolute atomic E-state index is 11.8. The van der Waals surface area contributed by atoms with Crippen LogP contribution in [0.3, 0.4) is 0 Å². The number of rotatable bonds is 0. The van der Waals surface area contributed by atoms with Crippen molar-refractivity contribution < 1.29 is 19.1 Å². The Bertz CT molecular complexity index is 439. The first-order valence-corrected chi connectivity index (χ1v) is 5.65. The lowest BCUT2D eigenvalue weighted by molar-refractivity contribution is 0.0250. The standard InChI is InChI=1S/C13H14O4/c1-9-5-4-8-16-12(14)10-6-2-3-7-11(10)13(15)17-9/h2-3,6-7,9H,4-5,8H2,1H3. The highest BCUT2D eigenvalue weighted by atomic mass is 16.5. The fourth-order valence-electron chi connectivity index (χ4n) is 1.76. The van der Waals surface area contributed by atoms with Gasteiger partial charge in [-0.1, -0.05) is 12.1 Å². The van der Waals surface area contributed by atoms with Crippen LogP contribution in [0.25, 0.3) is 0 Å². The van der Waals surface area contributed by atoms with Gasteiger partial charge in [0.05, 0.1) is 23.8 Å². The second kappa shape index (κ2) is 4.99. The molecule has 1 aromatic rings. The lowest BCUT2D eigenvalue weighted by atomic mass is 10.1. The summed E-state index contributed by atoms with van der Waals surface area (Å²) in [7, 11) is 0. The van der Waals surface area contributed by atoms with Gasteiger partial charge in [0.15, 0.2) is 0 Å². The van der Waals surface area contributed by atoms with Gasteiger partial charge in [-0.25, -0.2) is 9.59 Å². The Labute approximate surface area is 99.5 Å². The molecule has 0 saturated carbocycles. The van der Waals surface area contributed by atoms with Gasteiger partial charge >= 0.3 is 11.9 Å². The minimum atomic E-state index is -0.466. The number of esters is 2. The summed E-state index contributed by atoms with van der Waals surface area (Å²) in [6.07, 6.45) is 1.23. The molecule has 0 fully saturated rings. The topological polar surface area (TPSA) is 52.6 Å². The van der Waals surface area contributed by atoms with E-state index in [1.807, 2.05) is 6.92 Å². The van der Waals surface area contributed by atoms with Gasteiger partial charge in [-0.05, 0) is 31.9 Å². The predicted octanol–water partition coefficient (Wildman–Crippen LogP) is 2.18. The highest BCUT2D eigenvalue weighted by Gasteiger charge is 2.21. The van der Waals surface area contributed by atoms with Crippen LogP contribution >= 0.6 is 0 Å². The van der Waals surface area contributed by atoms with Crippen molar-refractivity contribution in [3.8, 4) is 0 Å². The van der Waals surface area contributed by atoms with E-state index in [0.717, 1.165) is 0 Å². The highest BCUT2D eigenvalue weighted by Crippen LogP contribution is 2.16. The lowest BCUT2D eigenvalue weighted by Crippen LogP contribution is -2.21. The number of carbonyl (C=O) groups excluding carboxylic acids is 2. The van der Waals surface area contributed by atoms with Crippen molar-refractivity contribution in [1.29, 1.82) is 0 Å². The molecular weight excluding hydrogens is 220 g/mol. The van der Waals surface area contributed by atoms with Crippen molar-refractivity contribution in [3.05, 3.63) is 35.4 Å². The van der Waals surface area contributed by atoms with E-state index in [1.165, 1.54) is 0 Å². The maximum Gasteiger partial charge on any atom is 0.339 e. The summed E-state index contributed by atoms with van der Waals surface area (Å²) >= 11 is 0. The molecule has 1 heterocycles. The van der Waals surface area contributed by atoms with Gasteiger partial charge in [0, 0.05) is 0 Å².